The van der Waals surface area contributed by atoms with Gasteiger partial charge in [0, 0.05) is 10.4 Å². The van der Waals surface area contributed by atoms with Gasteiger partial charge in [-0.1, -0.05) is 28.9 Å². The van der Waals surface area contributed by atoms with E-state index in [1.807, 2.05) is 6.92 Å². The Kier molecular flexibility index (Phi) is 2.93. The molecule has 0 unspecified atom stereocenters. The molecule has 1 aliphatic carbocycles. The number of hydrogen-bond acceptors (Lipinski definition) is 1. The SMILES string of the molecule is C[C](CO)c1cc(Br)ccc1C1CC1. The summed E-state index contributed by atoms with van der Waals surface area (Å²) < 4.78 is 1.09. The normalized spacial score (nSPS) is 16.3. The maximum Gasteiger partial charge on any atom is 0.0534 e. The molecule has 1 fully saturated rings. The lowest BCUT2D eigenvalue weighted by Crippen LogP contribution is -2.03. The number of hydrogen-bond donors (Lipinski definition) is 1. The molecule has 0 spiro atoms. The molecule has 14 heavy (non-hydrogen) atoms. The lowest BCUT2D eigenvalue weighted by Gasteiger charge is -2.13. The number of aliphatic hydroxyl groups excluding tert-OH is 1. The Morgan fingerprint density at radius 2 is 2.21 bits per heavy atom. The van der Waals surface area contributed by atoms with Crippen molar-refractivity contribution in [2.45, 2.75) is 25.7 Å². The molecule has 1 aliphatic rings. The summed E-state index contributed by atoms with van der Waals surface area (Å²) in [4.78, 5) is 0. The highest BCUT2D eigenvalue weighted by atomic mass is 79.9. The second-order valence-corrected chi connectivity index (χ2v) is 4.86. The van der Waals surface area contributed by atoms with Crippen LogP contribution >= 0.6 is 15.9 Å². The molecule has 0 heterocycles. The van der Waals surface area contributed by atoms with Gasteiger partial charge in [0.2, 0.25) is 0 Å². The summed E-state index contributed by atoms with van der Waals surface area (Å²) in [7, 11) is 0. The van der Waals surface area contributed by atoms with Gasteiger partial charge in [0.1, 0.15) is 0 Å². The molecule has 75 valence electrons. The zero-order chi connectivity index (χ0) is 10.1. The molecule has 0 aromatic heterocycles. The minimum atomic E-state index is 0.149. The van der Waals surface area contributed by atoms with Gasteiger partial charge in [-0.25, -0.2) is 0 Å². The van der Waals surface area contributed by atoms with Gasteiger partial charge in [0.15, 0.2) is 0 Å². The minimum Gasteiger partial charge on any atom is -0.395 e. The predicted octanol–water partition coefficient (Wildman–Crippen LogP) is 3.26. The van der Waals surface area contributed by atoms with Crippen molar-refractivity contribution in [2.75, 3.05) is 6.61 Å². The molecule has 0 aliphatic heterocycles. The molecule has 0 atom stereocenters. The van der Waals surface area contributed by atoms with Gasteiger partial charge in [-0.05, 0) is 42.0 Å². The lowest BCUT2D eigenvalue weighted by atomic mass is 9.94. The summed E-state index contributed by atoms with van der Waals surface area (Å²) in [5.41, 5.74) is 2.63. The first-order chi connectivity index (χ1) is 6.72. The number of aliphatic hydroxyl groups is 1. The Morgan fingerprint density at radius 3 is 2.79 bits per heavy atom. The van der Waals surface area contributed by atoms with Crippen LogP contribution in [0.3, 0.4) is 0 Å². The van der Waals surface area contributed by atoms with E-state index < -0.39 is 0 Å². The summed E-state index contributed by atoms with van der Waals surface area (Å²) in [5.74, 6) is 1.80. The summed E-state index contributed by atoms with van der Waals surface area (Å²) in [6, 6.07) is 6.37. The van der Waals surface area contributed by atoms with E-state index >= 15 is 0 Å². The van der Waals surface area contributed by atoms with Gasteiger partial charge >= 0.3 is 0 Å². The van der Waals surface area contributed by atoms with E-state index in [-0.39, 0.29) is 6.61 Å². The molecular weight excluding hydrogens is 240 g/mol. The van der Waals surface area contributed by atoms with Gasteiger partial charge in [0.25, 0.3) is 0 Å². The molecule has 1 N–H and O–H groups in total. The third-order valence-corrected chi connectivity index (χ3v) is 3.22. The fraction of sp³-hybridized carbons (Fsp3) is 0.417. The average molecular weight is 254 g/mol. The van der Waals surface area contributed by atoms with Crippen LogP contribution < -0.4 is 0 Å². The van der Waals surface area contributed by atoms with Gasteiger partial charge in [-0.3, -0.25) is 0 Å². The van der Waals surface area contributed by atoms with Crippen molar-refractivity contribution in [1.82, 2.24) is 0 Å². The highest BCUT2D eigenvalue weighted by Crippen LogP contribution is 2.43. The van der Waals surface area contributed by atoms with Gasteiger partial charge in [0.05, 0.1) is 6.61 Å². The van der Waals surface area contributed by atoms with Crippen molar-refractivity contribution in [2.24, 2.45) is 0 Å². The maximum atomic E-state index is 9.15. The van der Waals surface area contributed by atoms with Crippen molar-refractivity contribution in [3.63, 3.8) is 0 Å². The minimum absolute atomic E-state index is 0.149. The molecule has 1 saturated carbocycles. The zero-order valence-corrected chi connectivity index (χ0v) is 9.84. The highest BCUT2D eigenvalue weighted by molar-refractivity contribution is 9.10. The van der Waals surface area contributed by atoms with Gasteiger partial charge in [-0.2, -0.15) is 0 Å². The smallest absolute Gasteiger partial charge is 0.0534 e. The average Bonchev–Trinajstić information content (AvgIpc) is 3.00. The third kappa shape index (κ3) is 2.01. The number of rotatable bonds is 3. The van der Waals surface area contributed by atoms with Crippen molar-refractivity contribution in [3.05, 3.63) is 39.7 Å². The summed E-state index contributed by atoms with van der Waals surface area (Å²) in [6.45, 7) is 2.14. The van der Waals surface area contributed by atoms with Crippen LogP contribution in [0.2, 0.25) is 0 Å². The van der Waals surface area contributed by atoms with Crippen molar-refractivity contribution < 1.29 is 5.11 Å². The first kappa shape index (κ1) is 10.2. The van der Waals surface area contributed by atoms with E-state index in [2.05, 4.69) is 34.1 Å². The van der Waals surface area contributed by atoms with Crippen molar-refractivity contribution in [3.8, 4) is 0 Å². The quantitative estimate of drug-likeness (QED) is 0.877. The number of halogens is 1. The molecule has 0 amide bonds. The van der Waals surface area contributed by atoms with Crippen LogP contribution in [0.1, 0.15) is 36.8 Å². The van der Waals surface area contributed by atoms with Gasteiger partial charge in [-0.15, -0.1) is 0 Å². The molecule has 1 aromatic carbocycles. The second-order valence-electron chi connectivity index (χ2n) is 3.94. The van der Waals surface area contributed by atoms with Crippen LogP contribution in [0.5, 0.6) is 0 Å². The standard InChI is InChI=1S/C12H14BrO/c1-8(7-14)12-6-10(13)4-5-11(12)9-2-3-9/h4-6,9,14H,2-3,7H2,1H3. The summed E-state index contributed by atoms with van der Waals surface area (Å²) in [6.07, 6.45) is 2.60. The Labute approximate surface area is 93.3 Å². The Balaban J connectivity index is 2.37. The topological polar surface area (TPSA) is 20.2 Å². The van der Waals surface area contributed by atoms with E-state index in [0.29, 0.717) is 0 Å². The summed E-state index contributed by atoms with van der Waals surface area (Å²) >= 11 is 3.47. The fourth-order valence-corrected chi connectivity index (χ4v) is 2.09. The Morgan fingerprint density at radius 1 is 1.50 bits per heavy atom. The van der Waals surface area contributed by atoms with Crippen LogP contribution in [0, 0.1) is 5.92 Å². The maximum absolute atomic E-state index is 9.15. The Hall–Kier alpha value is -0.340. The zero-order valence-electron chi connectivity index (χ0n) is 8.26. The Bertz CT molecular complexity index is 331. The van der Waals surface area contributed by atoms with Crippen LogP contribution in [-0.2, 0) is 0 Å². The highest BCUT2D eigenvalue weighted by Gasteiger charge is 2.27. The van der Waals surface area contributed by atoms with Crippen LogP contribution in [0.15, 0.2) is 22.7 Å². The molecule has 2 heteroatoms. The van der Waals surface area contributed by atoms with Crippen LogP contribution in [0.25, 0.3) is 0 Å². The fourth-order valence-electron chi connectivity index (χ4n) is 1.73. The largest absolute Gasteiger partial charge is 0.395 e. The van der Waals surface area contributed by atoms with Crippen LogP contribution in [-0.4, -0.2) is 11.7 Å². The van der Waals surface area contributed by atoms with E-state index in [1.54, 1.807) is 0 Å². The van der Waals surface area contributed by atoms with Crippen molar-refractivity contribution >= 4 is 15.9 Å². The molecule has 0 saturated heterocycles. The van der Waals surface area contributed by atoms with E-state index in [0.717, 1.165) is 16.3 Å². The van der Waals surface area contributed by atoms with Gasteiger partial charge < -0.3 is 5.11 Å². The predicted molar refractivity (Wildman–Crippen MR) is 61.2 cm³/mol. The monoisotopic (exact) mass is 253 g/mol. The molecule has 0 bridgehead atoms. The van der Waals surface area contributed by atoms with E-state index in [4.69, 9.17) is 5.11 Å². The molecule has 1 aromatic rings. The first-order valence-electron chi connectivity index (χ1n) is 4.95. The molecular formula is C12H14BrO. The van der Waals surface area contributed by atoms with Crippen LogP contribution in [0.4, 0.5) is 0 Å². The van der Waals surface area contributed by atoms with E-state index in [9.17, 15) is 0 Å². The van der Waals surface area contributed by atoms with Crippen molar-refractivity contribution in [1.29, 1.82) is 0 Å². The lowest BCUT2D eigenvalue weighted by molar-refractivity contribution is 0.314. The molecule has 2 rings (SSSR count). The van der Waals surface area contributed by atoms with E-state index in [1.165, 1.54) is 24.0 Å². The first-order valence-corrected chi connectivity index (χ1v) is 5.74. The molecule has 1 nitrogen and oxygen atoms in total. The summed E-state index contributed by atoms with van der Waals surface area (Å²) in [5, 5.41) is 9.15. The second kappa shape index (κ2) is 4.03. The third-order valence-electron chi connectivity index (χ3n) is 2.73. The number of benzene rings is 1. The molecule has 1 radical (unpaired) electrons.